The van der Waals surface area contributed by atoms with Gasteiger partial charge in [0.2, 0.25) is 0 Å². The van der Waals surface area contributed by atoms with E-state index in [1.165, 1.54) is 9.80 Å². The van der Waals surface area contributed by atoms with Crippen molar-refractivity contribution in [1.29, 1.82) is 5.26 Å². The zero-order valence-electron chi connectivity index (χ0n) is 14.7. The molecule has 0 aliphatic carbocycles. The Morgan fingerprint density at radius 1 is 1.08 bits per heavy atom. The molecule has 132 valence electrons. The van der Waals surface area contributed by atoms with Crippen LogP contribution in [-0.2, 0) is 4.79 Å². The lowest BCUT2D eigenvalue weighted by atomic mass is 10.2. The van der Waals surface area contributed by atoms with E-state index in [2.05, 4.69) is 0 Å². The molecule has 3 rings (SSSR count). The first kappa shape index (κ1) is 17.5. The molecule has 1 saturated heterocycles. The number of imide groups is 1. The molecule has 1 aliphatic heterocycles. The number of nitrogens with zero attached hydrogens (tertiary/aromatic N) is 3. The van der Waals surface area contributed by atoms with E-state index in [9.17, 15) is 9.59 Å². The summed E-state index contributed by atoms with van der Waals surface area (Å²) in [5.41, 5.74) is 2.34. The average molecular weight is 349 g/mol. The molecule has 2 aromatic rings. The van der Waals surface area contributed by atoms with Crippen LogP contribution in [0, 0.1) is 18.3 Å². The number of rotatable bonds is 5. The maximum Gasteiger partial charge on any atom is 0.332 e. The third-order valence-electron chi connectivity index (χ3n) is 4.33. The lowest BCUT2D eigenvalue weighted by Crippen LogP contribution is -2.36. The normalized spacial score (nSPS) is 16.7. The van der Waals surface area contributed by atoms with E-state index >= 15 is 0 Å². The molecule has 1 fully saturated rings. The minimum atomic E-state index is -0.542. The summed E-state index contributed by atoms with van der Waals surface area (Å²) in [6.07, 6.45) is 0. The van der Waals surface area contributed by atoms with Crippen LogP contribution in [0.2, 0.25) is 0 Å². The molecule has 1 atom stereocenters. The smallest absolute Gasteiger partial charge is 0.332 e. The highest BCUT2D eigenvalue weighted by Crippen LogP contribution is 2.26. The van der Waals surface area contributed by atoms with Gasteiger partial charge in [0.15, 0.2) is 0 Å². The highest BCUT2D eigenvalue weighted by molar-refractivity contribution is 6.14. The van der Waals surface area contributed by atoms with Gasteiger partial charge in [-0.15, -0.1) is 0 Å². The van der Waals surface area contributed by atoms with E-state index in [1.807, 2.05) is 37.3 Å². The quantitative estimate of drug-likeness (QED) is 0.778. The lowest BCUT2D eigenvalue weighted by molar-refractivity contribution is -0.127. The second-order valence-electron chi connectivity index (χ2n) is 6.14. The number of anilines is 1. The molecule has 0 aromatic heterocycles. The first-order valence-corrected chi connectivity index (χ1v) is 8.35. The number of urea groups is 1. The van der Waals surface area contributed by atoms with Crippen LogP contribution >= 0.6 is 0 Å². The molecule has 6 nitrogen and oxygen atoms in total. The highest BCUT2D eigenvalue weighted by atomic mass is 16.5. The second kappa shape index (κ2) is 7.28. The topological polar surface area (TPSA) is 73.6 Å². The first-order valence-electron chi connectivity index (χ1n) is 8.35. The molecule has 1 aliphatic rings. The number of amides is 3. The molecular weight excluding hydrogens is 330 g/mol. The predicted octanol–water partition coefficient (Wildman–Crippen LogP) is 3.10. The van der Waals surface area contributed by atoms with Gasteiger partial charge in [0, 0.05) is 5.69 Å². The van der Waals surface area contributed by atoms with Gasteiger partial charge < -0.3 is 4.74 Å². The van der Waals surface area contributed by atoms with E-state index < -0.39 is 6.04 Å². The highest BCUT2D eigenvalue weighted by Gasteiger charge is 2.43. The molecule has 0 N–H and O–H groups in total. The van der Waals surface area contributed by atoms with Crippen molar-refractivity contribution in [3.63, 3.8) is 0 Å². The number of carbonyl (C=O) groups excluding carboxylic acids is 2. The van der Waals surface area contributed by atoms with Crippen molar-refractivity contribution < 1.29 is 14.3 Å². The van der Waals surface area contributed by atoms with Crippen molar-refractivity contribution in [1.82, 2.24) is 4.90 Å². The fourth-order valence-corrected chi connectivity index (χ4v) is 2.85. The van der Waals surface area contributed by atoms with Crippen molar-refractivity contribution in [2.45, 2.75) is 19.9 Å². The Morgan fingerprint density at radius 2 is 1.73 bits per heavy atom. The fourth-order valence-electron chi connectivity index (χ4n) is 2.85. The number of ether oxygens (including phenoxy) is 1. The van der Waals surface area contributed by atoms with Crippen molar-refractivity contribution >= 4 is 17.6 Å². The van der Waals surface area contributed by atoms with Gasteiger partial charge in [-0.3, -0.25) is 14.6 Å². The third-order valence-corrected chi connectivity index (χ3v) is 4.33. The fraction of sp³-hybridized carbons (Fsp3) is 0.250. The van der Waals surface area contributed by atoms with Crippen LogP contribution in [0.3, 0.4) is 0 Å². The molecule has 0 bridgehead atoms. The molecule has 26 heavy (non-hydrogen) atoms. The maximum atomic E-state index is 12.7. The lowest BCUT2D eigenvalue weighted by Gasteiger charge is -2.19. The third kappa shape index (κ3) is 3.38. The number of nitriles is 1. The van der Waals surface area contributed by atoms with Gasteiger partial charge in [-0.2, -0.15) is 5.26 Å². The van der Waals surface area contributed by atoms with Crippen LogP contribution in [0.15, 0.2) is 48.5 Å². The van der Waals surface area contributed by atoms with Crippen LogP contribution in [0.25, 0.3) is 0 Å². The monoisotopic (exact) mass is 349 g/mol. The van der Waals surface area contributed by atoms with E-state index in [4.69, 9.17) is 10.00 Å². The Balaban J connectivity index is 1.64. The summed E-state index contributed by atoms with van der Waals surface area (Å²) in [7, 11) is 0. The number of aryl methyl sites for hydroxylation is 1. The first-order chi connectivity index (χ1) is 12.5. The van der Waals surface area contributed by atoms with Crippen LogP contribution in [0.4, 0.5) is 10.5 Å². The van der Waals surface area contributed by atoms with E-state index in [1.54, 1.807) is 31.2 Å². The van der Waals surface area contributed by atoms with Gasteiger partial charge in [-0.25, -0.2) is 4.79 Å². The van der Waals surface area contributed by atoms with Gasteiger partial charge in [0.05, 0.1) is 18.2 Å². The van der Waals surface area contributed by atoms with E-state index in [-0.39, 0.29) is 25.1 Å². The van der Waals surface area contributed by atoms with Crippen molar-refractivity contribution in [2.75, 3.05) is 18.1 Å². The van der Waals surface area contributed by atoms with Crippen LogP contribution in [0.5, 0.6) is 5.75 Å². The molecule has 0 saturated carbocycles. The molecule has 6 heteroatoms. The van der Waals surface area contributed by atoms with Gasteiger partial charge in [0.25, 0.3) is 5.91 Å². The zero-order chi connectivity index (χ0) is 18.7. The van der Waals surface area contributed by atoms with E-state index in [0.717, 1.165) is 5.56 Å². The Kier molecular flexibility index (Phi) is 4.90. The number of hydrogen-bond acceptors (Lipinski definition) is 4. The summed E-state index contributed by atoms with van der Waals surface area (Å²) in [6, 6.07) is 15.4. The largest absolute Gasteiger partial charge is 0.492 e. The molecule has 0 unspecified atom stereocenters. The van der Waals surface area contributed by atoms with Crippen molar-refractivity contribution in [3.8, 4) is 11.8 Å². The minimum absolute atomic E-state index is 0.171. The number of hydrogen-bond donors (Lipinski definition) is 0. The number of benzene rings is 2. The molecule has 2 aromatic carbocycles. The summed E-state index contributed by atoms with van der Waals surface area (Å²) in [6.45, 7) is 4.06. The van der Waals surface area contributed by atoms with Gasteiger partial charge >= 0.3 is 6.03 Å². The number of carbonyl (C=O) groups is 2. The standard InChI is InChI=1S/C20H19N3O3/c1-14-3-7-17(8-4-14)23-15(2)19(24)22(20(23)25)11-12-26-18-9-5-16(13-21)6-10-18/h3-10,15H,11-12H2,1-2H3/t15-/m0/s1. The molecular formula is C20H19N3O3. The minimum Gasteiger partial charge on any atom is -0.492 e. The molecule has 0 radical (unpaired) electrons. The van der Waals surface area contributed by atoms with Crippen LogP contribution in [0.1, 0.15) is 18.1 Å². The summed E-state index contributed by atoms with van der Waals surface area (Å²) in [5, 5.41) is 8.79. The van der Waals surface area contributed by atoms with Crippen LogP contribution < -0.4 is 9.64 Å². The van der Waals surface area contributed by atoms with Crippen molar-refractivity contribution in [3.05, 3.63) is 59.7 Å². The zero-order valence-corrected chi connectivity index (χ0v) is 14.7. The Morgan fingerprint density at radius 3 is 2.35 bits per heavy atom. The summed E-state index contributed by atoms with van der Waals surface area (Å²) >= 11 is 0. The maximum absolute atomic E-state index is 12.7. The Labute approximate surface area is 152 Å². The van der Waals surface area contributed by atoms with Gasteiger partial charge in [-0.05, 0) is 50.2 Å². The van der Waals surface area contributed by atoms with Gasteiger partial charge in [-0.1, -0.05) is 17.7 Å². The Hall–Kier alpha value is -3.33. The second-order valence-corrected chi connectivity index (χ2v) is 6.14. The molecule has 0 spiro atoms. The van der Waals surface area contributed by atoms with Crippen molar-refractivity contribution in [2.24, 2.45) is 0 Å². The van der Waals surface area contributed by atoms with Gasteiger partial charge in [0.1, 0.15) is 18.4 Å². The predicted molar refractivity (Wildman–Crippen MR) is 96.9 cm³/mol. The summed E-state index contributed by atoms with van der Waals surface area (Å²) in [5.74, 6) is 0.352. The molecule has 3 amide bonds. The molecule has 1 heterocycles. The van der Waals surface area contributed by atoms with E-state index in [0.29, 0.717) is 17.0 Å². The average Bonchev–Trinajstić information content (AvgIpc) is 2.86. The van der Waals surface area contributed by atoms with Crippen LogP contribution in [-0.4, -0.2) is 36.0 Å². The SMILES string of the molecule is Cc1ccc(N2C(=O)N(CCOc3ccc(C#N)cc3)C(=O)[C@@H]2C)cc1. The summed E-state index contributed by atoms with van der Waals surface area (Å²) in [4.78, 5) is 27.9. The summed E-state index contributed by atoms with van der Waals surface area (Å²) < 4.78 is 5.58. The Bertz CT molecular complexity index is 853.